The predicted molar refractivity (Wildman–Crippen MR) is 168 cm³/mol. The van der Waals surface area contributed by atoms with Gasteiger partial charge in [-0.25, -0.2) is 9.29 Å². The molecule has 0 atom stereocenters. The van der Waals surface area contributed by atoms with Crippen molar-refractivity contribution in [3.05, 3.63) is 59.4 Å². The van der Waals surface area contributed by atoms with Crippen LogP contribution in [0.15, 0.2) is 53.3 Å². The number of nitrogens with zero attached hydrogens (tertiary/aromatic N) is 7. The number of para-hydroxylation sites is 1. The van der Waals surface area contributed by atoms with Crippen molar-refractivity contribution in [2.75, 3.05) is 71.7 Å². The Bertz CT molecular complexity index is 1600. The third kappa shape index (κ3) is 4.48. The lowest BCUT2D eigenvalue weighted by molar-refractivity contribution is 0.0982. The van der Waals surface area contributed by atoms with Crippen molar-refractivity contribution in [1.82, 2.24) is 19.8 Å². The molecule has 0 bridgehead atoms. The van der Waals surface area contributed by atoms with Crippen LogP contribution in [0.1, 0.15) is 18.4 Å². The molecule has 11 heteroatoms. The Kier molecular flexibility index (Phi) is 6.39. The number of likely N-dealkylation sites (N-methyl/N-ethyl adjacent to an activating group) is 1. The molecule has 2 saturated heterocycles. The zero-order valence-electron chi connectivity index (χ0n) is 23.1. The number of anilines is 6. The maximum atomic E-state index is 6.65. The van der Waals surface area contributed by atoms with Crippen molar-refractivity contribution >= 4 is 69.2 Å². The Morgan fingerprint density at radius 2 is 1.83 bits per heavy atom. The van der Waals surface area contributed by atoms with Gasteiger partial charge in [0.2, 0.25) is 5.95 Å². The first-order valence-electron chi connectivity index (χ1n) is 14.5. The standard InChI is InChI=1S/C30H33ClN8OS/c1-35-14-16-36(17-15-35)21-8-11-37(12-9-21)25-6-5-24(28-22(25)10-18-40-28)33-30-32-19-23(31)29(34-30)39-26-4-2-3-20-7-13-38(41-39)27(20)26/h2-6,10,18-19,21H,7-9,11-17H2,1H3,(H,32,33,34). The lowest BCUT2D eigenvalue weighted by Gasteiger charge is -2.42. The molecule has 4 aliphatic heterocycles. The van der Waals surface area contributed by atoms with Gasteiger partial charge in [-0.15, -0.1) is 0 Å². The van der Waals surface area contributed by atoms with E-state index < -0.39 is 0 Å². The van der Waals surface area contributed by atoms with Gasteiger partial charge in [0.25, 0.3) is 0 Å². The van der Waals surface area contributed by atoms with E-state index in [1.165, 1.54) is 56.0 Å². The largest absolute Gasteiger partial charge is 0.462 e. The van der Waals surface area contributed by atoms with Crippen LogP contribution in [0.5, 0.6) is 0 Å². The van der Waals surface area contributed by atoms with Gasteiger partial charge in [-0.1, -0.05) is 23.7 Å². The molecule has 6 heterocycles. The fourth-order valence-electron chi connectivity index (χ4n) is 6.70. The van der Waals surface area contributed by atoms with E-state index in [4.69, 9.17) is 21.0 Å². The van der Waals surface area contributed by atoms with E-state index in [1.807, 2.05) is 0 Å². The first-order valence-corrected chi connectivity index (χ1v) is 15.6. The molecular formula is C30H33ClN8OS. The van der Waals surface area contributed by atoms with Gasteiger partial charge < -0.3 is 19.5 Å². The molecule has 4 aromatic rings. The SMILES string of the molecule is CN1CCN(C2CCN(c3ccc(Nc4ncc(Cl)c(N5SN6CCc7cccc5c76)n4)c4occc34)CC2)CC1. The minimum atomic E-state index is 0.483. The van der Waals surface area contributed by atoms with E-state index in [0.717, 1.165) is 48.4 Å². The topological polar surface area (TPSA) is 67.2 Å². The van der Waals surface area contributed by atoms with Crippen LogP contribution in [0.3, 0.4) is 0 Å². The number of fused-ring (bicyclic) bond motifs is 1. The highest BCUT2D eigenvalue weighted by Gasteiger charge is 2.36. The van der Waals surface area contributed by atoms with Gasteiger partial charge in [-0.05, 0) is 56.1 Å². The second kappa shape index (κ2) is 10.3. The number of halogens is 1. The van der Waals surface area contributed by atoms with Crippen molar-refractivity contribution in [3.63, 3.8) is 0 Å². The minimum absolute atomic E-state index is 0.483. The van der Waals surface area contributed by atoms with Gasteiger partial charge >= 0.3 is 0 Å². The number of hydrogen-bond acceptors (Lipinski definition) is 10. The van der Waals surface area contributed by atoms with Gasteiger partial charge in [-0.3, -0.25) is 9.21 Å². The summed E-state index contributed by atoms with van der Waals surface area (Å²) in [6.07, 6.45) is 6.90. The van der Waals surface area contributed by atoms with Crippen LogP contribution in [-0.4, -0.2) is 78.7 Å². The maximum absolute atomic E-state index is 6.65. The zero-order chi connectivity index (χ0) is 27.5. The summed E-state index contributed by atoms with van der Waals surface area (Å²) in [6, 6.07) is 13.5. The second-order valence-electron chi connectivity index (χ2n) is 11.4. The summed E-state index contributed by atoms with van der Waals surface area (Å²) < 4.78 is 10.4. The van der Waals surface area contributed by atoms with Gasteiger partial charge in [-0.2, -0.15) is 4.98 Å². The van der Waals surface area contributed by atoms with E-state index in [9.17, 15) is 0 Å². The molecule has 1 N–H and O–H groups in total. The third-order valence-electron chi connectivity index (χ3n) is 8.95. The summed E-state index contributed by atoms with van der Waals surface area (Å²) in [5, 5.41) is 5.04. The molecule has 212 valence electrons. The third-order valence-corrected chi connectivity index (χ3v) is 10.3. The van der Waals surface area contributed by atoms with Crippen molar-refractivity contribution < 1.29 is 4.42 Å². The molecule has 2 aromatic heterocycles. The number of piperidine rings is 1. The maximum Gasteiger partial charge on any atom is 0.229 e. The van der Waals surface area contributed by atoms with Crippen molar-refractivity contribution in [2.24, 2.45) is 0 Å². The summed E-state index contributed by atoms with van der Waals surface area (Å²) in [4.78, 5) is 17.0. The molecule has 0 radical (unpaired) electrons. The smallest absolute Gasteiger partial charge is 0.229 e. The lowest BCUT2D eigenvalue weighted by atomic mass is 10.0. The van der Waals surface area contributed by atoms with Gasteiger partial charge in [0.05, 0.1) is 41.7 Å². The summed E-state index contributed by atoms with van der Waals surface area (Å²) in [6.45, 7) is 7.81. The number of aromatic nitrogens is 2. The molecule has 8 rings (SSSR count). The Morgan fingerprint density at radius 3 is 2.68 bits per heavy atom. The molecule has 9 nitrogen and oxygen atoms in total. The molecule has 2 fully saturated rings. The van der Waals surface area contributed by atoms with Crippen LogP contribution in [-0.2, 0) is 6.42 Å². The molecule has 0 amide bonds. The van der Waals surface area contributed by atoms with Crippen LogP contribution in [0.25, 0.3) is 11.0 Å². The predicted octanol–water partition coefficient (Wildman–Crippen LogP) is 5.91. The number of rotatable bonds is 5. The monoisotopic (exact) mass is 588 g/mol. The molecule has 0 spiro atoms. The fourth-order valence-corrected chi connectivity index (χ4v) is 8.04. The molecule has 4 aliphatic rings. The lowest BCUT2D eigenvalue weighted by Crippen LogP contribution is -2.52. The molecule has 41 heavy (non-hydrogen) atoms. The fraction of sp³-hybridized carbons (Fsp3) is 0.400. The van der Waals surface area contributed by atoms with Crippen LogP contribution in [0.2, 0.25) is 5.02 Å². The number of piperazine rings is 1. The molecule has 0 unspecified atom stereocenters. The molecule has 0 saturated carbocycles. The van der Waals surface area contributed by atoms with Crippen LogP contribution in [0, 0.1) is 0 Å². The number of benzene rings is 2. The average Bonchev–Trinajstić information content (AvgIpc) is 3.75. The Morgan fingerprint density at radius 1 is 0.976 bits per heavy atom. The van der Waals surface area contributed by atoms with E-state index in [1.54, 1.807) is 24.6 Å². The van der Waals surface area contributed by atoms with Gasteiger partial charge in [0.15, 0.2) is 11.4 Å². The zero-order valence-corrected chi connectivity index (χ0v) is 24.7. The van der Waals surface area contributed by atoms with E-state index in [2.05, 4.69) is 77.1 Å². The molecular weight excluding hydrogens is 556 g/mol. The van der Waals surface area contributed by atoms with E-state index in [-0.39, 0.29) is 0 Å². The summed E-state index contributed by atoms with van der Waals surface area (Å²) in [7, 11) is 2.22. The van der Waals surface area contributed by atoms with Crippen molar-refractivity contribution in [2.45, 2.75) is 25.3 Å². The normalized spacial score (nSPS) is 19.9. The Balaban J connectivity index is 1.02. The summed E-state index contributed by atoms with van der Waals surface area (Å²) in [5.74, 6) is 1.16. The van der Waals surface area contributed by atoms with Crippen LogP contribution >= 0.6 is 23.7 Å². The highest BCUT2D eigenvalue weighted by atomic mass is 35.5. The Labute approximate surface area is 249 Å². The highest BCUT2D eigenvalue weighted by molar-refractivity contribution is 8.02. The minimum Gasteiger partial charge on any atom is -0.462 e. The number of hydrogen-bond donors (Lipinski definition) is 1. The summed E-state index contributed by atoms with van der Waals surface area (Å²) in [5.41, 5.74) is 6.63. The Hall–Kier alpha value is -3.18. The highest BCUT2D eigenvalue weighted by Crippen LogP contribution is 2.53. The van der Waals surface area contributed by atoms with Crippen LogP contribution < -0.4 is 18.8 Å². The first-order chi connectivity index (χ1) is 20.1. The van der Waals surface area contributed by atoms with Gasteiger partial charge in [0, 0.05) is 62.9 Å². The van der Waals surface area contributed by atoms with Crippen molar-refractivity contribution in [3.8, 4) is 0 Å². The number of nitrogens with one attached hydrogen (secondary N) is 1. The van der Waals surface area contributed by atoms with E-state index in [0.29, 0.717) is 22.8 Å². The first kappa shape index (κ1) is 25.5. The van der Waals surface area contributed by atoms with E-state index >= 15 is 0 Å². The molecule has 2 aromatic carbocycles. The quantitative estimate of drug-likeness (QED) is 0.284. The second-order valence-corrected chi connectivity index (χ2v) is 12.7. The van der Waals surface area contributed by atoms with Gasteiger partial charge in [0.1, 0.15) is 5.02 Å². The number of furan rings is 1. The average molecular weight is 589 g/mol. The van der Waals surface area contributed by atoms with Crippen molar-refractivity contribution in [1.29, 1.82) is 0 Å². The van der Waals surface area contributed by atoms with Crippen LogP contribution in [0.4, 0.5) is 34.5 Å². The summed E-state index contributed by atoms with van der Waals surface area (Å²) >= 11 is 8.29. The molecule has 0 aliphatic carbocycles.